The number of nitrogens with one attached hydrogen (secondary N) is 1. The smallest absolute Gasteiger partial charge is 0.202 e. The molecule has 2 rings (SSSR count). The van der Waals surface area contributed by atoms with Crippen LogP contribution in [0.25, 0.3) is 0 Å². The van der Waals surface area contributed by atoms with E-state index in [4.69, 9.17) is 10.5 Å². The number of rotatable bonds is 2. The molecule has 1 aliphatic heterocycles. The van der Waals surface area contributed by atoms with Crippen LogP contribution in [0, 0.1) is 11.6 Å². The van der Waals surface area contributed by atoms with Gasteiger partial charge in [-0.2, -0.15) is 4.39 Å². The largest absolute Gasteiger partial charge is 0.481 e. The van der Waals surface area contributed by atoms with E-state index in [2.05, 4.69) is 5.32 Å². The van der Waals surface area contributed by atoms with Crippen molar-refractivity contribution in [3.05, 3.63) is 23.8 Å². The van der Waals surface area contributed by atoms with Crippen LogP contribution in [-0.4, -0.2) is 18.7 Å². The normalized spacial score (nSPS) is 24.6. The van der Waals surface area contributed by atoms with Crippen molar-refractivity contribution >= 4 is 5.69 Å². The van der Waals surface area contributed by atoms with Crippen LogP contribution in [0.15, 0.2) is 12.1 Å². The first-order valence-electron chi connectivity index (χ1n) is 5.65. The molecule has 1 fully saturated rings. The number of ether oxygens (including phenoxy) is 1. The Kier molecular flexibility index (Phi) is 3.19. The Bertz CT molecular complexity index is 417. The predicted molar refractivity (Wildman–Crippen MR) is 61.9 cm³/mol. The number of nitrogens with two attached hydrogens (primary N) is 1. The lowest BCUT2D eigenvalue weighted by atomic mass is 9.96. The molecule has 3 nitrogen and oxygen atoms in total. The van der Waals surface area contributed by atoms with Crippen LogP contribution < -0.4 is 15.8 Å². The fraction of sp³-hybridized carbons (Fsp3) is 0.500. The third-order valence-electron chi connectivity index (χ3n) is 2.99. The van der Waals surface area contributed by atoms with Crippen LogP contribution in [0.4, 0.5) is 14.5 Å². The number of piperidine rings is 1. The molecule has 0 spiro atoms. The van der Waals surface area contributed by atoms with Gasteiger partial charge in [0.2, 0.25) is 5.82 Å². The molecular formula is C12H16F2N2O. The molecule has 1 saturated heterocycles. The first-order valence-corrected chi connectivity index (χ1v) is 5.65. The highest BCUT2D eigenvalue weighted by Crippen LogP contribution is 2.32. The van der Waals surface area contributed by atoms with Crippen LogP contribution in [0.3, 0.4) is 0 Å². The van der Waals surface area contributed by atoms with Gasteiger partial charge < -0.3 is 15.8 Å². The second kappa shape index (κ2) is 4.49. The monoisotopic (exact) mass is 242 g/mol. The van der Waals surface area contributed by atoms with Gasteiger partial charge in [-0.25, -0.2) is 4.39 Å². The minimum Gasteiger partial charge on any atom is -0.481 e. The van der Waals surface area contributed by atoms with E-state index < -0.39 is 17.2 Å². The summed E-state index contributed by atoms with van der Waals surface area (Å²) in [6.45, 7) is 3.38. The summed E-state index contributed by atoms with van der Waals surface area (Å²) in [5.74, 6) is -2.14. The van der Waals surface area contributed by atoms with Gasteiger partial charge in [0.1, 0.15) is 5.60 Å². The second-order valence-electron chi connectivity index (χ2n) is 4.61. The van der Waals surface area contributed by atoms with E-state index in [9.17, 15) is 8.78 Å². The van der Waals surface area contributed by atoms with Crippen LogP contribution in [0.5, 0.6) is 5.75 Å². The van der Waals surface area contributed by atoms with Crippen molar-refractivity contribution in [3.63, 3.8) is 0 Å². The van der Waals surface area contributed by atoms with Crippen molar-refractivity contribution in [1.82, 2.24) is 5.32 Å². The standard InChI is InChI=1S/C12H16F2N2O/c1-12(5-2-6-16-7-12)17-11-9(15)4-3-8(13)10(11)14/h3-4,16H,2,5-7,15H2,1H3. The third kappa shape index (κ3) is 2.49. The molecule has 1 aromatic rings. The topological polar surface area (TPSA) is 47.3 Å². The number of nitrogen functional groups attached to an aromatic ring is 1. The van der Waals surface area contributed by atoms with Gasteiger partial charge in [-0.1, -0.05) is 0 Å². The average molecular weight is 242 g/mol. The Labute approximate surface area is 98.9 Å². The van der Waals surface area contributed by atoms with Crippen LogP contribution in [0.1, 0.15) is 19.8 Å². The fourth-order valence-corrected chi connectivity index (χ4v) is 2.01. The number of hydrogen-bond acceptors (Lipinski definition) is 3. The van der Waals surface area contributed by atoms with Crippen LogP contribution >= 0.6 is 0 Å². The Morgan fingerprint density at radius 2 is 2.18 bits per heavy atom. The van der Waals surface area contributed by atoms with Crippen LogP contribution in [0.2, 0.25) is 0 Å². The molecule has 5 heteroatoms. The summed E-state index contributed by atoms with van der Waals surface area (Å²) in [5.41, 5.74) is 5.19. The summed E-state index contributed by atoms with van der Waals surface area (Å²) in [5, 5.41) is 3.17. The lowest BCUT2D eigenvalue weighted by Crippen LogP contribution is -2.47. The van der Waals surface area contributed by atoms with E-state index in [1.54, 1.807) is 0 Å². The number of anilines is 1. The summed E-state index contributed by atoms with van der Waals surface area (Å²) in [4.78, 5) is 0. The van der Waals surface area contributed by atoms with E-state index >= 15 is 0 Å². The lowest BCUT2D eigenvalue weighted by Gasteiger charge is -2.35. The van der Waals surface area contributed by atoms with Gasteiger partial charge in [-0.05, 0) is 38.4 Å². The molecule has 3 N–H and O–H groups in total. The SMILES string of the molecule is CC1(Oc2c(N)ccc(F)c2F)CCCNC1. The van der Waals surface area contributed by atoms with E-state index in [-0.39, 0.29) is 11.4 Å². The second-order valence-corrected chi connectivity index (χ2v) is 4.61. The van der Waals surface area contributed by atoms with E-state index in [1.165, 1.54) is 6.07 Å². The Balaban J connectivity index is 2.26. The Hall–Kier alpha value is -1.36. The summed E-state index contributed by atoms with van der Waals surface area (Å²) in [6, 6.07) is 2.31. The zero-order chi connectivity index (χ0) is 12.5. The third-order valence-corrected chi connectivity index (χ3v) is 2.99. The maximum Gasteiger partial charge on any atom is 0.202 e. The van der Waals surface area contributed by atoms with Crippen molar-refractivity contribution < 1.29 is 13.5 Å². The quantitative estimate of drug-likeness (QED) is 0.780. The van der Waals surface area contributed by atoms with Crippen LogP contribution in [-0.2, 0) is 0 Å². The molecule has 94 valence electrons. The van der Waals surface area contributed by atoms with E-state index in [1.807, 2.05) is 6.92 Å². The summed E-state index contributed by atoms with van der Waals surface area (Å²) < 4.78 is 32.3. The Morgan fingerprint density at radius 1 is 1.41 bits per heavy atom. The van der Waals surface area contributed by atoms with Gasteiger partial charge in [0, 0.05) is 6.54 Å². The summed E-state index contributed by atoms with van der Waals surface area (Å²) in [7, 11) is 0. The molecule has 1 heterocycles. The van der Waals surface area contributed by atoms with Gasteiger partial charge in [0.05, 0.1) is 5.69 Å². The molecule has 1 aromatic carbocycles. The molecular weight excluding hydrogens is 226 g/mol. The van der Waals surface area contributed by atoms with Crippen molar-refractivity contribution in [1.29, 1.82) is 0 Å². The maximum atomic E-state index is 13.6. The highest BCUT2D eigenvalue weighted by Gasteiger charge is 2.31. The maximum absolute atomic E-state index is 13.6. The van der Waals surface area contributed by atoms with Crippen molar-refractivity contribution in [2.24, 2.45) is 0 Å². The van der Waals surface area contributed by atoms with E-state index in [0.717, 1.165) is 25.5 Å². The summed E-state index contributed by atoms with van der Waals surface area (Å²) in [6.07, 6.45) is 1.72. The highest BCUT2D eigenvalue weighted by atomic mass is 19.2. The molecule has 0 radical (unpaired) electrons. The number of halogens is 2. The molecule has 0 aromatic heterocycles. The molecule has 0 aliphatic carbocycles. The molecule has 0 amide bonds. The molecule has 17 heavy (non-hydrogen) atoms. The molecule has 1 aliphatic rings. The van der Waals surface area contributed by atoms with Crippen molar-refractivity contribution in [2.75, 3.05) is 18.8 Å². The van der Waals surface area contributed by atoms with Gasteiger partial charge in [-0.15, -0.1) is 0 Å². The van der Waals surface area contributed by atoms with Gasteiger partial charge in [0.25, 0.3) is 0 Å². The predicted octanol–water partition coefficient (Wildman–Crippen LogP) is 2.07. The van der Waals surface area contributed by atoms with Gasteiger partial charge in [0.15, 0.2) is 11.6 Å². The minimum atomic E-state index is -1.02. The first kappa shape index (κ1) is 12.1. The highest BCUT2D eigenvalue weighted by molar-refractivity contribution is 5.53. The zero-order valence-electron chi connectivity index (χ0n) is 9.72. The molecule has 0 saturated carbocycles. The van der Waals surface area contributed by atoms with E-state index in [0.29, 0.717) is 6.54 Å². The Morgan fingerprint density at radius 3 is 2.82 bits per heavy atom. The fourth-order valence-electron chi connectivity index (χ4n) is 2.01. The summed E-state index contributed by atoms with van der Waals surface area (Å²) >= 11 is 0. The van der Waals surface area contributed by atoms with Gasteiger partial charge >= 0.3 is 0 Å². The van der Waals surface area contributed by atoms with Crippen molar-refractivity contribution in [3.8, 4) is 5.75 Å². The van der Waals surface area contributed by atoms with Gasteiger partial charge in [-0.3, -0.25) is 0 Å². The lowest BCUT2D eigenvalue weighted by molar-refractivity contribution is 0.0573. The minimum absolute atomic E-state index is 0.121. The average Bonchev–Trinajstić information content (AvgIpc) is 2.31. The number of benzene rings is 1. The first-order chi connectivity index (χ1) is 8.02. The number of hydrogen-bond donors (Lipinski definition) is 2. The van der Waals surface area contributed by atoms with Crippen molar-refractivity contribution in [2.45, 2.75) is 25.4 Å². The zero-order valence-corrected chi connectivity index (χ0v) is 9.72. The molecule has 0 bridgehead atoms. The molecule has 1 unspecified atom stereocenters. The molecule has 1 atom stereocenters.